The second-order valence-corrected chi connectivity index (χ2v) is 5.61. The lowest BCUT2D eigenvalue weighted by molar-refractivity contribution is -0.115. The quantitative estimate of drug-likeness (QED) is 0.781. The van der Waals surface area contributed by atoms with Crippen LogP contribution in [0, 0.1) is 0 Å². The summed E-state index contributed by atoms with van der Waals surface area (Å²) in [6, 6.07) is 9.36. The van der Waals surface area contributed by atoms with Crippen molar-refractivity contribution in [3.05, 3.63) is 42.7 Å². The molecule has 0 saturated heterocycles. The fourth-order valence-corrected chi connectivity index (χ4v) is 2.66. The summed E-state index contributed by atoms with van der Waals surface area (Å²) in [5, 5.41) is 6.93. The highest BCUT2D eigenvalue weighted by Gasteiger charge is 2.18. The number of amides is 1. The number of aromatic nitrogens is 3. The molecule has 1 N–H and O–H groups in total. The minimum Gasteiger partial charge on any atom is -0.372 e. The zero-order chi connectivity index (χ0) is 16.5. The average molecular weight is 321 g/mol. The van der Waals surface area contributed by atoms with E-state index in [-0.39, 0.29) is 5.91 Å². The number of carbonyl (C=O) groups is 1. The normalized spacial score (nSPS) is 14.0. The van der Waals surface area contributed by atoms with Gasteiger partial charge in [-0.05, 0) is 30.3 Å². The first-order valence-electron chi connectivity index (χ1n) is 7.60. The number of anilines is 2. The molecular formula is C17H15N5O2. The highest BCUT2D eigenvalue weighted by atomic mass is 16.5. The van der Waals surface area contributed by atoms with Crippen molar-refractivity contribution < 1.29 is 9.32 Å². The summed E-state index contributed by atoms with van der Waals surface area (Å²) in [4.78, 5) is 22.3. The van der Waals surface area contributed by atoms with E-state index < -0.39 is 0 Å². The maximum Gasteiger partial charge on any atom is 0.258 e. The number of fused-ring (bicyclic) bond motifs is 1. The van der Waals surface area contributed by atoms with Crippen molar-refractivity contribution in [2.75, 3.05) is 23.8 Å². The van der Waals surface area contributed by atoms with Crippen LogP contribution in [0.2, 0.25) is 0 Å². The first kappa shape index (κ1) is 14.4. The molecule has 0 atom stereocenters. The van der Waals surface area contributed by atoms with Crippen molar-refractivity contribution in [2.24, 2.45) is 0 Å². The molecule has 3 heterocycles. The molecule has 0 bridgehead atoms. The Hall–Kier alpha value is -3.22. The fourth-order valence-electron chi connectivity index (χ4n) is 2.66. The van der Waals surface area contributed by atoms with E-state index >= 15 is 0 Å². The molecule has 4 rings (SSSR count). The summed E-state index contributed by atoms with van der Waals surface area (Å²) in [5.74, 6) is 0.912. The predicted molar refractivity (Wildman–Crippen MR) is 89.5 cm³/mol. The van der Waals surface area contributed by atoms with Gasteiger partial charge in [0.25, 0.3) is 5.89 Å². The molecule has 7 heteroatoms. The van der Waals surface area contributed by atoms with Crippen LogP contribution in [-0.2, 0) is 4.79 Å². The topological polar surface area (TPSA) is 84.2 Å². The van der Waals surface area contributed by atoms with Crippen LogP contribution in [0.5, 0.6) is 0 Å². The number of pyridine rings is 1. The fraction of sp³-hybridized carbons (Fsp3) is 0.176. The van der Waals surface area contributed by atoms with Gasteiger partial charge in [0.15, 0.2) is 0 Å². The minimum atomic E-state index is 0.000698. The first-order valence-corrected chi connectivity index (χ1v) is 7.60. The lowest BCUT2D eigenvalue weighted by Gasteiger charge is -2.18. The van der Waals surface area contributed by atoms with E-state index in [9.17, 15) is 4.79 Å². The van der Waals surface area contributed by atoms with Crippen molar-refractivity contribution in [2.45, 2.75) is 6.42 Å². The monoisotopic (exact) mass is 321 g/mol. The van der Waals surface area contributed by atoms with Crippen LogP contribution in [0.25, 0.3) is 22.8 Å². The van der Waals surface area contributed by atoms with E-state index in [1.807, 2.05) is 42.3 Å². The molecule has 3 aromatic rings. The van der Waals surface area contributed by atoms with Crippen LogP contribution in [0.3, 0.4) is 0 Å². The lowest BCUT2D eigenvalue weighted by Crippen LogP contribution is -2.18. The van der Waals surface area contributed by atoms with Crippen LogP contribution in [0.1, 0.15) is 6.42 Å². The molecule has 1 aliphatic heterocycles. The maximum atomic E-state index is 11.8. The van der Waals surface area contributed by atoms with Gasteiger partial charge < -0.3 is 14.7 Å². The van der Waals surface area contributed by atoms with Crippen LogP contribution < -0.4 is 10.2 Å². The number of carbonyl (C=O) groups excluding carboxylic acids is 1. The molecule has 120 valence electrons. The van der Waals surface area contributed by atoms with Gasteiger partial charge in [-0.3, -0.25) is 9.78 Å². The molecule has 7 nitrogen and oxygen atoms in total. The third-order valence-electron chi connectivity index (χ3n) is 3.97. The molecule has 0 saturated carbocycles. The third-order valence-corrected chi connectivity index (χ3v) is 3.97. The summed E-state index contributed by atoms with van der Waals surface area (Å²) < 4.78 is 5.37. The summed E-state index contributed by atoms with van der Waals surface area (Å²) >= 11 is 0. The van der Waals surface area contributed by atoms with Crippen LogP contribution in [-0.4, -0.2) is 34.6 Å². The molecule has 0 radical (unpaired) electrons. The van der Waals surface area contributed by atoms with Gasteiger partial charge in [0.05, 0.1) is 11.4 Å². The molecule has 1 aliphatic rings. The molecule has 0 fully saturated rings. The Morgan fingerprint density at radius 2 is 2.00 bits per heavy atom. The molecule has 1 amide bonds. The van der Waals surface area contributed by atoms with Crippen molar-refractivity contribution in [1.29, 1.82) is 0 Å². The van der Waals surface area contributed by atoms with E-state index in [0.717, 1.165) is 22.5 Å². The van der Waals surface area contributed by atoms with E-state index in [0.29, 0.717) is 24.7 Å². The average Bonchev–Trinajstić information content (AvgIpc) is 3.05. The molecule has 0 unspecified atom stereocenters. The zero-order valence-corrected chi connectivity index (χ0v) is 13.1. The second kappa shape index (κ2) is 5.77. The molecule has 0 spiro atoms. The standard InChI is InChI=1S/C17H15N5O2/c1-22-9-6-15(23)19-13-10-12(2-3-14(13)22)17-20-16(21-24-17)11-4-7-18-8-5-11/h2-5,7-8,10H,6,9H2,1H3,(H,19,23). The largest absolute Gasteiger partial charge is 0.372 e. The minimum absolute atomic E-state index is 0.000698. The molecule has 24 heavy (non-hydrogen) atoms. The highest BCUT2D eigenvalue weighted by Crippen LogP contribution is 2.32. The number of rotatable bonds is 2. The van der Waals surface area contributed by atoms with Gasteiger partial charge >= 0.3 is 0 Å². The number of hydrogen-bond donors (Lipinski definition) is 1. The van der Waals surface area contributed by atoms with Crippen molar-refractivity contribution in [1.82, 2.24) is 15.1 Å². The van der Waals surface area contributed by atoms with Crippen molar-refractivity contribution in [3.63, 3.8) is 0 Å². The Morgan fingerprint density at radius 1 is 1.17 bits per heavy atom. The first-order chi connectivity index (χ1) is 11.7. The number of benzene rings is 1. The van der Waals surface area contributed by atoms with E-state index in [1.54, 1.807) is 12.4 Å². The maximum absolute atomic E-state index is 11.8. The van der Waals surface area contributed by atoms with Crippen LogP contribution in [0.15, 0.2) is 47.2 Å². The van der Waals surface area contributed by atoms with Crippen molar-refractivity contribution >= 4 is 17.3 Å². The number of nitrogens with zero attached hydrogens (tertiary/aromatic N) is 4. The van der Waals surface area contributed by atoms with Gasteiger partial charge in [-0.1, -0.05) is 5.16 Å². The highest BCUT2D eigenvalue weighted by molar-refractivity contribution is 5.97. The Morgan fingerprint density at radius 3 is 2.83 bits per heavy atom. The second-order valence-electron chi connectivity index (χ2n) is 5.61. The molecule has 1 aromatic carbocycles. The Bertz CT molecular complexity index is 891. The van der Waals surface area contributed by atoms with Gasteiger partial charge in [0, 0.05) is 43.5 Å². The smallest absolute Gasteiger partial charge is 0.258 e. The Balaban J connectivity index is 1.71. The zero-order valence-electron chi connectivity index (χ0n) is 13.1. The number of nitrogens with one attached hydrogen (secondary N) is 1. The lowest BCUT2D eigenvalue weighted by atomic mass is 10.1. The van der Waals surface area contributed by atoms with Gasteiger partial charge in [0.1, 0.15) is 0 Å². The number of hydrogen-bond acceptors (Lipinski definition) is 6. The summed E-state index contributed by atoms with van der Waals surface area (Å²) in [6.07, 6.45) is 3.82. The van der Waals surface area contributed by atoms with Gasteiger partial charge in [-0.15, -0.1) is 0 Å². The van der Waals surface area contributed by atoms with Crippen LogP contribution >= 0.6 is 0 Å². The van der Waals surface area contributed by atoms with Crippen molar-refractivity contribution in [3.8, 4) is 22.8 Å². The summed E-state index contributed by atoms with van der Waals surface area (Å²) in [7, 11) is 1.97. The summed E-state index contributed by atoms with van der Waals surface area (Å²) in [5.41, 5.74) is 3.32. The van der Waals surface area contributed by atoms with Gasteiger partial charge in [-0.25, -0.2) is 0 Å². The molecule has 2 aromatic heterocycles. The SMILES string of the molecule is CN1CCC(=O)Nc2cc(-c3nc(-c4ccncc4)no3)ccc21. The third kappa shape index (κ3) is 2.60. The van der Waals surface area contributed by atoms with E-state index in [4.69, 9.17) is 4.52 Å². The molecular weight excluding hydrogens is 306 g/mol. The van der Waals surface area contributed by atoms with Gasteiger partial charge in [0.2, 0.25) is 11.7 Å². The van der Waals surface area contributed by atoms with Gasteiger partial charge in [-0.2, -0.15) is 4.98 Å². The van der Waals surface area contributed by atoms with E-state index in [2.05, 4.69) is 20.4 Å². The molecule has 0 aliphatic carbocycles. The van der Waals surface area contributed by atoms with Crippen LogP contribution in [0.4, 0.5) is 11.4 Å². The Kier molecular flexibility index (Phi) is 3.45. The summed E-state index contributed by atoms with van der Waals surface area (Å²) in [6.45, 7) is 0.685. The Labute approximate surface area is 138 Å². The predicted octanol–water partition coefficient (Wildman–Crippen LogP) is 2.58. The van der Waals surface area contributed by atoms with E-state index in [1.165, 1.54) is 0 Å².